The quantitative estimate of drug-likeness (QED) is 0.597. The molecule has 1 amide bonds. The Morgan fingerprint density at radius 1 is 1.39 bits per heavy atom. The number of pyridine rings is 1. The van der Waals surface area contributed by atoms with Gasteiger partial charge in [0.25, 0.3) is 11.9 Å². The monoisotopic (exact) mass is 486 g/mol. The first-order chi connectivity index (χ1) is 15.6. The molecule has 1 fully saturated rings. The number of halogens is 5. The van der Waals surface area contributed by atoms with Crippen LogP contribution in [0.2, 0.25) is 5.02 Å². The number of anilines is 1. The van der Waals surface area contributed by atoms with E-state index in [-0.39, 0.29) is 51.3 Å². The lowest BCUT2D eigenvalue weighted by atomic mass is 9.84. The molecule has 2 aromatic rings. The van der Waals surface area contributed by atoms with Crippen LogP contribution in [0.5, 0.6) is 5.75 Å². The summed E-state index contributed by atoms with van der Waals surface area (Å²) in [5.41, 5.74) is 4.32. The maximum Gasteiger partial charge on any atom is 0.387 e. The van der Waals surface area contributed by atoms with Crippen LogP contribution < -0.4 is 15.8 Å². The molecule has 1 aliphatic heterocycles. The fourth-order valence-electron chi connectivity index (χ4n) is 4.30. The number of rotatable bonds is 6. The first kappa shape index (κ1) is 23.1. The van der Waals surface area contributed by atoms with Gasteiger partial charge in [-0.2, -0.15) is 8.78 Å². The van der Waals surface area contributed by atoms with Crippen LogP contribution in [0.4, 0.5) is 23.2 Å². The maximum absolute atomic E-state index is 14.7. The minimum Gasteiger partial charge on any atom is -0.461 e. The number of ether oxygens (including phenoxy) is 2. The lowest BCUT2D eigenvalue weighted by Crippen LogP contribution is -2.39. The van der Waals surface area contributed by atoms with Gasteiger partial charge in [0.15, 0.2) is 0 Å². The zero-order chi connectivity index (χ0) is 24.1. The Morgan fingerprint density at radius 3 is 2.76 bits per heavy atom. The van der Waals surface area contributed by atoms with E-state index in [0.717, 1.165) is 12.3 Å². The van der Waals surface area contributed by atoms with Gasteiger partial charge in [-0.1, -0.05) is 18.5 Å². The van der Waals surface area contributed by atoms with Gasteiger partial charge in [0, 0.05) is 23.1 Å². The minimum atomic E-state index is -3.04. The number of nitrogens with one attached hydrogen (secondary N) is 1. The number of nitrogens with two attached hydrogens (primary N) is 1. The van der Waals surface area contributed by atoms with Gasteiger partial charge < -0.3 is 20.5 Å². The summed E-state index contributed by atoms with van der Waals surface area (Å²) >= 11 is 6.19. The van der Waals surface area contributed by atoms with E-state index in [9.17, 15) is 22.4 Å². The molecular weight excluding hydrogens is 468 g/mol. The number of benzene rings is 1. The van der Waals surface area contributed by atoms with Crippen LogP contribution in [0.3, 0.4) is 0 Å². The maximum atomic E-state index is 14.7. The van der Waals surface area contributed by atoms with E-state index in [1.54, 1.807) is 0 Å². The summed E-state index contributed by atoms with van der Waals surface area (Å²) in [5.74, 6) is -2.36. The lowest BCUT2D eigenvalue weighted by molar-refractivity contribution is -0.0501. The first-order valence-corrected chi connectivity index (χ1v) is 10.3. The van der Waals surface area contributed by atoms with Gasteiger partial charge in [0.2, 0.25) is 0 Å². The Morgan fingerprint density at radius 2 is 2.12 bits per heavy atom. The molecule has 0 spiro atoms. The van der Waals surface area contributed by atoms with Crippen molar-refractivity contribution >= 4 is 29.2 Å². The van der Waals surface area contributed by atoms with E-state index in [0.29, 0.717) is 0 Å². The van der Waals surface area contributed by atoms with Crippen LogP contribution in [0, 0.1) is 24.6 Å². The fraction of sp³-hybridized carbons (Fsp3) is 0.381. The Bertz CT molecular complexity index is 1150. The molecule has 4 rings (SSSR count). The Labute approximate surface area is 190 Å². The summed E-state index contributed by atoms with van der Waals surface area (Å²) in [4.78, 5) is 20.7. The highest BCUT2D eigenvalue weighted by Crippen LogP contribution is 2.58. The van der Waals surface area contributed by atoms with Crippen LogP contribution in [0.15, 0.2) is 29.4 Å². The topological polar surface area (TPSA) is 98.8 Å². The number of carbonyl (C=O) groups is 1. The van der Waals surface area contributed by atoms with Crippen LogP contribution in [0.1, 0.15) is 28.5 Å². The van der Waals surface area contributed by atoms with Crippen LogP contribution in [0.25, 0.3) is 0 Å². The smallest absolute Gasteiger partial charge is 0.387 e. The van der Waals surface area contributed by atoms with Gasteiger partial charge in [-0.3, -0.25) is 4.79 Å². The molecular formula is C21H19ClF4N4O3. The number of aryl methyl sites for hydroxylation is 1. The fourth-order valence-corrected chi connectivity index (χ4v) is 4.57. The van der Waals surface area contributed by atoms with E-state index in [2.05, 4.69) is 20.0 Å². The van der Waals surface area contributed by atoms with Crippen LogP contribution >= 0.6 is 11.6 Å². The Balaban J connectivity index is 1.67. The number of alkyl halides is 3. The van der Waals surface area contributed by atoms with Gasteiger partial charge in [0.1, 0.15) is 35.6 Å². The molecule has 12 heteroatoms. The number of amidine groups is 1. The van der Waals surface area contributed by atoms with Crippen molar-refractivity contribution in [3.63, 3.8) is 0 Å². The van der Waals surface area contributed by atoms with E-state index in [1.807, 2.05) is 6.92 Å². The molecule has 2 aliphatic rings. The van der Waals surface area contributed by atoms with E-state index >= 15 is 0 Å². The molecule has 0 radical (unpaired) electrons. The van der Waals surface area contributed by atoms with Gasteiger partial charge >= 0.3 is 6.61 Å². The van der Waals surface area contributed by atoms with Crippen LogP contribution in [-0.2, 0) is 10.3 Å². The van der Waals surface area contributed by atoms with E-state index in [1.165, 1.54) is 19.1 Å². The number of amides is 1. The highest BCUT2D eigenvalue weighted by molar-refractivity contribution is 6.31. The average Bonchev–Trinajstić information content (AvgIpc) is 3.39. The molecule has 1 aromatic heterocycles. The van der Waals surface area contributed by atoms with Crippen molar-refractivity contribution in [1.82, 2.24) is 4.98 Å². The first-order valence-electron chi connectivity index (χ1n) is 9.87. The zero-order valence-corrected chi connectivity index (χ0v) is 18.2. The molecule has 1 aromatic carbocycles. The van der Waals surface area contributed by atoms with Crippen molar-refractivity contribution in [2.45, 2.75) is 32.1 Å². The van der Waals surface area contributed by atoms with Crippen molar-refractivity contribution in [2.24, 2.45) is 22.6 Å². The molecule has 3 unspecified atom stereocenters. The minimum absolute atomic E-state index is 0.0241. The molecule has 0 saturated heterocycles. The second kappa shape index (κ2) is 8.36. The molecule has 4 atom stereocenters. The normalized spacial score (nSPS) is 25.7. The third-order valence-corrected chi connectivity index (χ3v) is 6.25. The average molecular weight is 487 g/mol. The Hall–Kier alpha value is -3.08. The lowest BCUT2D eigenvalue weighted by Gasteiger charge is -2.32. The molecule has 7 nitrogen and oxygen atoms in total. The van der Waals surface area contributed by atoms with E-state index < -0.39 is 36.5 Å². The standard InChI is InChI=1S/C21H19ClF4N4O3/c1-8-3-11(32-19(25)26)6-28-16(8)18(31)29-10-4-12(15(22)13(24)5-10)21(7-23)14-9(2)17(14)33-20(27)30-21/h3-6,9,14,17,19H,7H2,1-2H3,(H2,27,30)(H,29,31)/t9?,14?,17?,21-/m0/s1. The highest BCUT2D eigenvalue weighted by Gasteiger charge is 2.65. The van der Waals surface area contributed by atoms with Gasteiger partial charge in [-0.05, 0) is 30.7 Å². The zero-order valence-electron chi connectivity index (χ0n) is 17.4. The predicted molar refractivity (Wildman–Crippen MR) is 112 cm³/mol. The summed E-state index contributed by atoms with van der Waals surface area (Å²) in [5, 5.41) is 2.13. The molecule has 176 valence electrons. The molecule has 3 N–H and O–H groups in total. The van der Waals surface area contributed by atoms with Crippen LogP contribution in [-0.4, -0.2) is 36.3 Å². The summed E-state index contributed by atoms with van der Waals surface area (Å²) in [6.07, 6.45) is 0.588. The summed E-state index contributed by atoms with van der Waals surface area (Å²) in [6, 6.07) is 3.29. The largest absolute Gasteiger partial charge is 0.461 e. The molecule has 1 aliphatic carbocycles. The summed E-state index contributed by atoms with van der Waals surface area (Å²) < 4.78 is 63.6. The number of aliphatic imine (C=N–C) groups is 1. The second-order valence-corrected chi connectivity index (χ2v) is 8.34. The Kier molecular flexibility index (Phi) is 5.85. The van der Waals surface area contributed by atoms with Crippen molar-refractivity contribution in [1.29, 1.82) is 0 Å². The molecule has 0 bridgehead atoms. The molecule has 2 heterocycles. The van der Waals surface area contributed by atoms with Gasteiger partial charge in [-0.15, -0.1) is 0 Å². The van der Waals surface area contributed by atoms with Crippen molar-refractivity contribution in [2.75, 3.05) is 12.0 Å². The number of nitrogens with zero attached hydrogens (tertiary/aromatic N) is 2. The SMILES string of the molecule is Cc1cc(OC(F)F)cnc1C(=O)Nc1cc(F)c(Cl)c([C@]2(CF)N=C(N)OC3C(C)C32)c1. The second-order valence-electron chi connectivity index (χ2n) is 7.96. The number of hydrogen-bond acceptors (Lipinski definition) is 6. The van der Waals surface area contributed by atoms with Crippen molar-refractivity contribution in [3.8, 4) is 5.75 Å². The number of fused-ring (bicyclic) bond motifs is 1. The van der Waals surface area contributed by atoms with Gasteiger partial charge in [0.05, 0.1) is 11.2 Å². The molecule has 1 saturated carbocycles. The van der Waals surface area contributed by atoms with Crippen molar-refractivity contribution in [3.05, 3.63) is 52.1 Å². The third kappa shape index (κ3) is 4.05. The summed E-state index contributed by atoms with van der Waals surface area (Å²) in [6.45, 7) is -0.745. The number of aromatic nitrogens is 1. The summed E-state index contributed by atoms with van der Waals surface area (Å²) in [7, 11) is 0. The number of carbonyl (C=O) groups excluding carboxylic acids is 1. The number of hydrogen-bond donors (Lipinski definition) is 2. The molecule has 33 heavy (non-hydrogen) atoms. The van der Waals surface area contributed by atoms with E-state index in [4.69, 9.17) is 22.1 Å². The highest BCUT2D eigenvalue weighted by atomic mass is 35.5. The third-order valence-electron chi connectivity index (χ3n) is 5.87. The van der Waals surface area contributed by atoms with Gasteiger partial charge in [-0.25, -0.2) is 18.8 Å². The van der Waals surface area contributed by atoms with Crippen molar-refractivity contribution < 1.29 is 31.8 Å². The predicted octanol–water partition coefficient (Wildman–Crippen LogP) is 4.18.